The number of hydrogen-bond donors (Lipinski definition) is 3. The summed E-state index contributed by atoms with van der Waals surface area (Å²) >= 11 is 0. The van der Waals surface area contributed by atoms with Gasteiger partial charge < -0.3 is 16.4 Å². The third-order valence-electron chi connectivity index (χ3n) is 2.13. The van der Waals surface area contributed by atoms with Gasteiger partial charge in [-0.25, -0.2) is 0 Å². The summed E-state index contributed by atoms with van der Waals surface area (Å²) in [5, 5.41) is 9.10. The fraction of sp³-hybridized carbons (Fsp3) is 0.500. The zero-order chi connectivity index (χ0) is 12.7. The van der Waals surface area contributed by atoms with Crippen molar-refractivity contribution in [3.8, 4) is 0 Å². The number of aromatic nitrogens is 2. The third kappa shape index (κ3) is 5.12. The van der Waals surface area contributed by atoms with E-state index in [0.717, 1.165) is 5.56 Å². The molecule has 0 bridgehead atoms. The lowest BCUT2D eigenvalue weighted by molar-refractivity contribution is -0.125. The van der Waals surface area contributed by atoms with Crippen molar-refractivity contribution < 1.29 is 9.59 Å². The van der Waals surface area contributed by atoms with Crippen molar-refractivity contribution in [1.82, 2.24) is 20.4 Å². The van der Waals surface area contributed by atoms with Crippen molar-refractivity contribution >= 4 is 11.8 Å². The lowest BCUT2D eigenvalue weighted by Crippen LogP contribution is -2.40. The van der Waals surface area contributed by atoms with Crippen LogP contribution in [-0.4, -0.2) is 41.2 Å². The molecule has 0 aliphatic rings. The fourth-order valence-corrected chi connectivity index (χ4v) is 1.26. The van der Waals surface area contributed by atoms with Crippen molar-refractivity contribution in [2.45, 2.75) is 6.42 Å². The van der Waals surface area contributed by atoms with Gasteiger partial charge in [0.2, 0.25) is 11.8 Å². The average molecular weight is 239 g/mol. The lowest BCUT2D eigenvalue weighted by Gasteiger charge is -2.05. The Kier molecular flexibility index (Phi) is 5.15. The predicted molar refractivity (Wildman–Crippen MR) is 62.0 cm³/mol. The van der Waals surface area contributed by atoms with Crippen LogP contribution < -0.4 is 16.4 Å². The van der Waals surface area contributed by atoms with Gasteiger partial charge in [-0.15, -0.1) is 0 Å². The van der Waals surface area contributed by atoms with Crippen molar-refractivity contribution in [3.05, 3.63) is 18.0 Å². The Labute approximate surface area is 99.4 Å². The minimum absolute atomic E-state index is 0.0386. The van der Waals surface area contributed by atoms with E-state index < -0.39 is 0 Å². The van der Waals surface area contributed by atoms with Gasteiger partial charge in [-0.1, -0.05) is 0 Å². The van der Waals surface area contributed by atoms with Crippen molar-refractivity contribution in [1.29, 1.82) is 0 Å². The largest absolute Gasteiger partial charge is 0.354 e. The number of nitrogens with zero attached hydrogens (tertiary/aromatic N) is 2. The van der Waals surface area contributed by atoms with Crippen LogP contribution in [0.1, 0.15) is 5.56 Å². The van der Waals surface area contributed by atoms with Crippen LogP contribution in [0.3, 0.4) is 0 Å². The maximum Gasteiger partial charge on any atom is 0.239 e. The average Bonchev–Trinajstić information content (AvgIpc) is 2.72. The molecular formula is C10H17N5O2. The number of amides is 2. The monoisotopic (exact) mass is 239 g/mol. The first-order chi connectivity index (χ1) is 8.11. The summed E-state index contributed by atoms with van der Waals surface area (Å²) in [6.07, 6.45) is 4.36. The van der Waals surface area contributed by atoms with E-state index in [-0.39, 0.29) is 24.9 Å². The summed E-state index contributed by atoms with van der Waals surface area (Å²) in [6, 6.07) is 0. The highest BCUT2D eigenvalue weighted by atomic mass is 16.2. The number of nitrogens with two attached hydrogens (primary N) is 1. The second-order valence-electron chi connectivity index (χ2n) is 3.60. The number of aryl methyl sites for hydroxylation is 1. The summed E-state index contributed by atoms with van der Waals surface area (Å²) in [5.41, 5.74) is 6.14. The molecule has 0 spiro atoms. The highest BCUT2D eigenvalue weighted by molar-refractivity contribution is 5.85. The van der Waals surface area contributed by atoms with E-state index in [4.69, 9.17) is 5.73 Å². The summed E-state index contributed by atoms with van der Waals surface area (Å²) in [6.45, 7) is 0.370. The van der Waals surface area contributed by atoms with Gasteiger partial charge in [0.15, 0.2) is 0 Å². The molecule has 0 aliphatic heterocycles. The quantitative estimate of drug-likeness (QED) is 0.542. The molecule has 94 valence electrons. The topological polar surface area (TPSA) is 102 Å². The molecule has 1 heterocycles. The molecule has 2 amide bonds. The van der Waals surface area contributed by atoms with Gasteiger partial charge in [0, 0.05) is 19.8 Å². The maximum atomic E-state index is 11.3. The van der Waals surface area contributed by atoms with Crippen LogP contribution in [0.2, 0.25) is 0 Å². The van der Waals surface area contributed by atoms with Gasteiger partial charge in [-0.3, -0.25) is 14.3 Å². The van der Waals surface area contributed by atoms with E-state index in [0.29, 0.717) is 13.0 Å². The van der Waals surface area contributed by atoms with E-state index in [9.17, 15) is 9.59 Å². The highest BCUT2D eigenvalue weighted by Crippen LogP contribution is 1.95. The molecule has 17 heavy (non-hydrogen) atoms. The zero-order valence-electron chi connectivity index (χ0n) is 9.77. The van der Waals surface area contributed by atoms with E-state index >= 15 is 0 Å². The molecule has 1 rings (SSSR count). The van der Waals surface area contributed by atoms with Crippen molar-refractivity contribution in [2.24, 2.45) is 12.8 Å². The van der Waals surface area contributed by atoms with Gasteiger partial charge in [0.1, 0.15) is 0 Å². The molecule has 0 saturated carbocycles. The Balaban J connectivity index is 2.14. The van der Waals surface area contributed by atoms with Crippen LogP contribution in [0, 0.1) is 0 Å². The molecule has 0 fully saturated rings. The first-order valence-corrected chi connectivity index (χ1v) is 5.33. The molecule has 0 saturated heterocycles. The van der Waals surface area contributed by atoms with E-state index in [2.05, 4.69) is 15.7 Å². The van der Waals surface area contributed by atoms with Gasteiger partial charge in [-0.05, 0) is 12.0 Å². The summed E-state index contributed by atoms with van der Waals surface area (Å²) in [7, 11) is 1.84. The first kappa shape index (κ1) is 13.2. The maximum absolute atomic E-state index is 11.3. The molecule has 0 aliphatic carbocycles. The Hall–Kier alpha value is -1.89. The number of hydrogen-bond acceptors (Lipinski definition) is 4. The highest BCUT2D eigenvalue weighted by Gasteiger charge is 2.03. The molecule has 0 radical (unpaired) electrons. The van der Waals surface area contributed by atoms with E-state index in [1.165, 1.54) is 0 Å². The van der Waals surface area contributed by atoms with Gasteiger partial charge in [0.05, 0.1) is 19.3 Å². The SMILES string of the molecule is Cn1cc(CCNC(=O)CNC(=O)CN)cn1. The van der Waals surface area contributed by atoms with Crippen LogP contribution in [0.25, 0.3) is 0 Å². The van der Waals surface area contributed by atoms with Crippen molar-refractivity contribution in [2.75, 3.05) is 19.6 Å². The standard InChI is InChI=1S/C10H17N5O2/c1-15-7-8(5-14-15)2-3-12-10(17)6-13-9(16)4-11/h5,7H,2-4,6,11H2,1H3,(H,12,17)(H,13,16). The number of nitrogens with one attached hydrogen (secondary N) is 2. The molecule has 7 heteroatoms. The minimum Gasteiger partial charge on any atom is -0.354 e. The summed E-state index contributed by atoms with van der Waals surface area (Å²) < 4.78 is 1.71. The number of rotatable bonds is 6. The number of carbonyl (C=O) groups is 2. The normalized spacial score (nSPS) is 10.0. The van der Waals surface area contributed by atoms with Gasteiger partial charge >= 0.3 is 0 Å². The van der Waals surface area contributed by atoms with Crippen LogP contribution in [0.5, 0.6) is 0 Å². The molecule has 1 aromatic heterocycles. The smallest absolute Gasteiger partial charge is 0.239 e. The third-order valence-corrected chi connectivity index (χ3v) is 2.13. The molecule has 0 aromatic carbocycles. The van der Waals surface area contributed by atoms with Crippen LogP contribution >= 0.6 is 0 Å². The summed E-state index contributed by atoms with van der Waals surface area (Å²) in [5.74, 6) is -0.567. The Bertz CT molecular complexity index is 388. The van der Waals surface area contributed by atoms with Gasteiger partial charge in [0.25, 0.3) is 0 Å². The summed E-state index contributed by atoms with van der Waals surface area (Å²) in [4.78, 5) is 22.1. The Morgan fingerprint density at radius 3 is 2.76 bits per heavy atom. The fourth-order valence-electron chi connectivity index (χ4n) is 1.26. The molecule has 7 nitrogen and oxygen atoms in total. The van der Waals surface area contributed by atoms with E-state index in [1.807, 2.05) is 13.2 Å². The number of carbonyl (C=O) groups excluding carboxylic acids is 2. The van der Waals surface area contributed by atoms with Crippen LogP contribution in [-0.2, 0) is 23.1 Å². The van der Waals surface area contributed by atoms with Crippen LogP contribution in [0.4, 0.5) is 0 Å². The minimum atomic E-state index is -0.340. The zero-order valence-corrected chi connectivity index (χ0v) is 9.77. The molecular weight excluding hydrogens is 222 g/mol. The Morgan fingerprint density at radius 2 is 2.18 bits per heavy atom. The second kappa shape index (κ2) is 6.64. The molecule has 0 atom stereocenters. The Morgan fingerprint density at radius 1 is 1.41 bits per heavy atom. The first-order valence-electron chi connectivity index (χ1n) is 5.33. The van der Waals surface area contributed by atoms with Crippen molar-refractivity contribution in [3.63, 3.8) is 0 Å². The second-order valence-corrected chi connectivity index (χ2v) is 3.60. The van der Waals surface area contributed by atoms with Crippen LogP contribution in [0.15, 0.2) is 12.4 Å². The van der Waals surface area contributed by atoms with E-state index in [1.54, 1.807) is 10.9 Å². The molecule has 0 unspecified atom stereocenters. The predicted octanol–water partition coefficient (Wildman–Crippen LogP) is -1.85. The lowest BCUT2D eigenvalue weighted by atomic mass is 10.2. The molecule has 4 N–H and O–H groups in total. The molecule has 1 aromatic rings. The van der Waals surface area contributed by atoms with Gasteiger partial charge in [-0.2, -0.15) is 5.10 Å².